The largest absolute Gasteiger partial charge is 0.428 e. The van der Waals surface area contributed by atoms with Crippen molar-refractivity contribution >= 4 is 52.2 Å². The van der Waals surface area contributed by atoms with Gasteiger partial charge in [-0.2, -0.15) is 0 Å². The zero-order valence-electron chi connectivity index (χ0n) is 14.9. The van der Waals surface area contributed by atoms with E-state index in [0.717, 1.165) is 8.14 Å². The molecule has 0 radical (unpaired) electrons. The number of para-hydroxylation sites is 1. The van der Waals surface area contributed by atoms with Gasteiger partial charge >= 0.3 is 5.69 Å². The zero-order valence-corrected chi connectivity index (χ0v) is 17.8. The highest BCUT2D eigenvalue weighted by Crippen LogP contribution is 2.34. The number of nitrogens with one attached hydrogen (secondary N) is 1. The molecule has 7 nitrogen and oxygen atoms in total. The summed E-state index contributed by atoms with van der Waals surface area (Å²) in [6.45, 7) is 0.286. The molecule has 0 aliphatic rings. The van der Waals surface area contributed by atoms with Gasteiger partial charge in [-0.3, -0.25) is 18.7 Å². The highest BCUT2D eigenvalue weighted by molar-refractivity contribution is 14.1. The smallest absolute Gasteiger partial charge is 0.332 e. The van der Waals surface area contributed by atoms with Gasteiger partial charge in [-0.25, -0.2) is 4.79 Å². The maximum Gasteiger partial charge on any atom is 0.332 e. The molecule has 9 heteroatoms. The number of hydrogen-bond donors (Lipinski definition) is 1. The molecule has 1 N–H and O–H groups in total. The lowest BCUT2D eigenvalue weighted by Gasteiger charge is -2.18. The number of hydrogen-bond acceptors (Lipinski definition) is 5. The molecule has 0 amide bonds. The van der Waals surface area contributed by atoms with Crippen LogP contribution in [0.5, 0.6) is 5.75 Å². The summed E-state index contributed by atoms with van der Waals surface area (Å²) in [7, 11) is 2.93. The fourth-order valence-electron chi connectivity index (χ4n) is 2.78. The number of benzene rings is 2. The van der Waals surface area contributed by atoms with Gasteiger partial charge in [0.25, 0.3) is 12.0 Å². The summed E-state index contributed by atoms with van der Waals surface area (Å²) in [6, 6.07) is 11.9. The van der Waals surface area contributed by atoms with Crippen LogP contribution in [0.25, 0.3) is 11.1 Å². The van der Waals surface area contributed by atoms with Crippen LogP contribution in [0.1, 0.15) is 0 Å². The van der Waals surface area contributed by atoms with Crippen molar-refractivity contribution in [2.24, 2.45) is 14.1 Å². The summed E-state index contributed by atoms with van der Waals surface area (Å²) in [5, 5.41) is 3.52. The SMILES string of the molecule is Cn1c(Nc2ccc(I)cc2Cl)c(-c2ccccc2OC=O)c(=O)n(C)c1=O. The molecule has 0 aliphatic carbocycles. The number of halogens is 2. The van der Waals surface area contributed by atoms with Gasteiger partial charge in [0, 0.05) is 23.2 Å². The molecule has 28 heavy (non-hydrogen) atoms. The van der Waals surface area contributed by atoms with Crippen molar-refractivity contribution in [1.29, 1.82) is 0 Å². The van der Waals surface area contributed by atoms with Crippen molar-refractivity contribution in [2.45, 2.75) is 0 Å². The Morgan fingerprint density at radius 2 is 1.82 bits per heavy atom. The molecular weight excluding hydrogens is 497 g/mol. The normalized spacial score (nSPS) is 10.6. The van der Waals surface area contributed by atoms with Crippen LogP contribution in [-0.4, -0.2) is 15.6 Å². The summed E-state index contributed by atoms with van der Waals surface area (Å²) in [4.78, 5) is 36.4. The maximum absolute atomic E-state index is 13.0. The van der Waals surface area contributed by atoms with E-state index >= 15 is 0 Å². The Balaban J connectivity index is 2.32. The molecule has 0 fully saturated rings. The lowest BCUT2D eigenvalue weighted by atomic mass is 10.1. The Kier molecular flexibility index (Phi) is 5.90. The summed E-state index contributed by atoms with van der Waals surface area (Å²) in [5.41, 5.74) is 0.0350. The van der Waals surface area contributed by atoms with Crippen molar-refractivity contribution < 1.29 is 9.53 Å². The van der Waals surface area contributed by atoms with Gasteiger partial charge < -0.3 is 10.1 Å². The number of anilines is 2. The second-order valence-corrected chi connectivity index (χ2v) is 7.54. The number of ether oxygens (including phenoxy) is 1. The fourth-order valence-corrected chi connectivity index (χ4v) is 3.68. The first-order valence-corrected chi connectivity index (χ1v) is 9.52. The molecule has 0 aliphatic heterocycles. The molecule has 0 saturated heterocycles. The van der Waals surface area contributed by atoms with Gasteiger partial charge in [-0.15, -0.1) is 0 Å². The third-order valence-electron chi connectivity index (χ3n) is 4.18. The van der Waals surface area contributed by atoms with E-state index in [9.17, 15) is 14.4 Å². The van der Waals surface area contributed by atoms with E-state index in [1.165, 1.54) is 18.7 Å². The van der Waals surface area contributed by atoms with Gasteiger partial charge in [-0.05, 0) is 46.9 Å². The van der Waals surface area contributed by atoms with Crippen LogP contribution >= 0.6 is 34.2 Å². The molecule has 144 valence electrons. The predicted octanol–water partition coefficient (Wildman–Crippen LogP) is 3.29. The first kappa shape index (κ1) is 20.2. The third kappa shape index (κ3) is 3.69. The van der Waals surface area contributed by atoms with E-state index in [2.05, 4.69) is 27.9 Å². The minimum absolute atomic E-state index is 0.177. The molecule has 0 atom stereocenters. The monoisotopic (exact) mass is 511 g/mol. The molecule has 0 saturated carbocycles. The maximum atomic E-state index is 13.0. The standard InChI is InChI=1S/C19H15ClIN3O4/c1-23-17(22-14-8-7-11(21)9-13(14)20)16(18(26)24(2)19(23)27)12-5-3-4-6-15(12)28-10-25/h3-10,22H,1-2H3. The van der Waals surface area contributed by atoms with Crippen molar-refractivity contribution in [1.82, 2.24) is 9.13 Å². The number of carbonyl (C=O) groups is 1. The Labute approximate surface area is 178 Å². The van der Waals surface area contributed by atoms with Gasteiger partial charge in [0.2, 0.25) is 0 Å². The van der Waals surface area contributed by atoms with Gasteiger partial charge in [0.1, 0.15) is 11.6 Å². The lowest BCUT2D eigenvalue weighted by molar-refractivity contribution is -0.120. The van der Waals surface area contributed by atoms with Crippen LogP contribution in [0.3, 0.4) is 0 Å². The molecule has 0 bridgehead atoms. The van der Waals surface area contributed by atoms with Crippen molar-refractivity contribution in [2.75, 3.05) is 5.32 Å². The molecule has 1 heterocycles. The Morgan fingerprint density at radius 3 is 2.50 bits per heavy atom. The van der Waals surface area contributed by atoms with E-state index in [1.54, 1.807) is 36.4 Å². The van der Waals surface area contributed by atoms with E-state index in [1.807, 2.05) is 6.07 Å². The molecule has 0 unspecified atom stereocenters. The lowest BCUT2D eigenvalue weighted by Crippen LogP contribution is -2.39. The van der Waals surface area contributed by atoms with E-state index < -0.39 is 11.2 Å². The summed E-state index contributed by atoms with van der Waals surface area (Å²) in [6.07, 6.45) is 0. The van der Waals surface area contributed by atoms with Crippen molar-refractivity contribution in [3.05, 3.63) is 71.9 Å². The Bertz CT molecular complexity index is 1190. The van der Waals surface area contributed by atoms with E-state index in [4.69, 9.17) is 16.3 Å². The molecule has 2 aromatic carbocycles. The minimum Gasteiger partial charge on any atom is -0.428 e. The number of carbonyl (C=O) groups excluding carboxylic acids is 1. The zero-order chi connectivity index (χ0) is 20.4. The van der Waals surface area contributed by atoms with Gasteiger partial charge in [-0.1, -0.05) is 29.8 Å². The summed E-state index contributed by atoms with van der Waals surface area (Å²) >= 11 is 8.45. The first-order valence-electron chi connectivity index (χ1n) is 8.07. The third-order valence-corrected chi connectivity index (χ3v) is 5.16. The van der Waals surface area contributed by atoms with Gasteiger partial charge in [0.05, 0.1) is 16.3 Å². The molecule has 1 aromatic heterocycles. The van der Waals surface area contributed by atoms with Crippen LogP contribution in [0.15, 0.2) is 52.1 Å². The fraction of sp³-hybridized carbons (Fsp3) is 0.105. The van der Waals surface area contributed by atoms with Crippen LogP contribution in [0, 0.1) is 3.57 Å². The average Bonchev–Trinajstić information content (AvgIpc) is 2.67. The number of rotatable bonds is 5. The number of nitrogens with zero attached hydrogens (tertiary/aromatic N) is 2. The molecule has 3 aromatic rings. The van der Waals surface area contributed by atoms with E-state index in [0.29, 0.717) is 16.3 Å². The number of aromatic nitrogens is 2. The Hall–Kier alpha value is -2.59. The Morgan fingerprint density at radius 1 is 1.11 bits per heavy atom. The van der Waals surface area contributed by atoms with Crippen LogP contribution in [0.4, 0.5) is 11.5 Å². The topological polar surface area (TPSA) is 82.3 Å². The predicted molar refractivity (Wildman–Crippen MR) is 117 cm³/mol. The average molecular weight is 512 g/mol. The first-order chi connectivity index (χ1) is 13.3. The van der Waals surface area contributed by atoms with Crippen molar-refractivity contribution in [3.63, 3.8) is 0 Å². The van der Waals surface area contributed by atoms with Crippen LogP contribution in [-0.2, 0) is 18.9 Å². The molecule has 0 spiro atoms. The van der Waals surface area contributed by atoms with Crippen LogP contribution < -0.4 is 21.3 Å². The second kappa shape index (κ2) is 8.19. The van der Waals surface area contributed by atoms with Crippen LogP contribution in [0.2, 0.25) is 5.02 Å². The quantitative estimate of drug-likeness (QED) is 0.420. The highest BCUT2D eigenvalue weighted by atomic mass is 127. The van der Waals surface area contributed by atoms with E-state index in [-0.39, 0.29) is 23.6 Å². The molecule has 3 rings (SSSR count). The molecular formula is C19H15ClIN3O4. The van der Waals surface area contributed by atoms with Crippen molar-refractivity contribution in [3.8, 4) is 16.9 Å². The second-order valence-electron chi connectivity index (χ2n) is 5.89. The summed E-state index contributed by atoms with van der Waals surface area (Å²) < 4.78 is 8.27. The minimum atomic E-state index is -0.533. The van der Waals surface area contributed by atoms with Gasteiger partial charge in [0.15, 0.2) is 0 Å². The highest BCUT2D eigenvalue weighted by Gasteiger charge is 2.21. The summed E-state index contributed by atoms with van der Waals surface area (Å²) in [5.74, 6) is 0.433.